The van der Waals surface area contributed by atoms with Crippen LogP contribution in [0, 0.1) is 17.0 Å². The molecule has 1 aliphatic carbocycles. The lowest BCUT2D eigenvalue weighted by Gasteiger charge is -2.22. The number of rotatable bonds is 4. The SMILES string of the molecule is Cc1cc(-n2nc3ccc(Cl)cc3n2)c(O)cc1Nc1ccc(O)c2c1C(=O)c1c(O)ccc([N+](=O)[O-])c1C2=O. The van der Waals surface area contributed by atoms with E-state index in [1.54, 1.807) is 31.2 Å². The fourth-order valence-electron chi connectivity index (χ4n) is 4.72. The van der Waals surface area contributed by atoms with E-state index in [1.807, 2.05) is 0 Å². The molecule has 0 radical (unpaired) electrons. The van der Waals surface area contributed by atoms with Gasteiger partial charge in [0.1, 0.15) is 39.5 Å². The maximum absolute atomic E-state index is 13.5. The molecule has 1 heterocycles. The Balaban J connectivity index is 1.44. The van der Waals surface area contributed by atoms with E-state index in [0.717, 1.165) is 12.1 Å². The first-order valence-corrected chi connectivity index (χ1v) is 12.0. The number of aromatic hydroxyl groups is 3. The Kier molecular flexibility index (Phi) is 5.45. The second kappa shape index (κ2) is 8.78. The Bertz CT molecular complexity index is 1970. The van der Waals surface area contributed by atoms with Crippen molar-refractivity contribution < 1.29 is 29.8 Å². The molecule has 0 fully saturated rings. The maximum Gasteiger partial charge on any atom is 0.281 e. The molecule has 4 N–H and O–H groups in total. The number of nitro groups is 1. The van der Waals surface area contributed by atoms with Crippen LogP contribution in [0.5, 0.6) is 17.2 Å². The molecule has 1 aromatic heterocycles. The zero-order valence-electron chi connectivity index (χ0n) is 20.3. The lowest BCUT2D eigenvalue weighted by molar-refractivity contribution is -0.385. The number of carbonyl (C=O) groups is 2. The van der Waals surface area contributed by atoms with Crippen molar-refractivity contribution in [3.8, 4) is 22.9 Å². The van der Waals surface area contributed by atoms with E-state index in [2.05, 4.69) is 15.5 Å². The Labute approximate surface area is 228 Å². The maximum atomic E-state index is 13.5. The zero-order chi connectivity index (χ0) is 28.5. The molecule has 0 saturated heterocycles. The zero-order valence-corrected chi connectivity index (χ0v) is 21.1. The number of aromatic nitrogens is 3. The molecule has 4 aromatic carbocycles. The van der Waals surface area contributed by atoms with Gasteiger partial charge in [0.2, 0.25) is 11.6 Å². The molecule has 5 aromatic rings. The number of phenols is 3. The fraction of sp³-hybridized carbons (Fsp3) is 0.0370. The standard InChI is InChI=1S/C27H16ClN5O7/c1-11-8-18(32-30-13-3-2-12(28)9-16(13)31-32)21(36)10-15(11)29-14-4-6-19(34)24-22(14)26(37)25-20(35)7-5-17(33(39)40)23(25)27(24)38/h2-10,29,34-36H,1H3. The Morgan fingerprint density at radius 3 is 2.17 bits per heavy atom. The van der Waals surface area contributed by atoms with Crippen molar-refractivity contribution in [2.24, 2.45) is 0 Å². The van der Waals surface area contributed by atoms with Gasteiger partial charge in [-0.3, -0.25) is 19.7 Å². The van der Waals surface area contributed by atoms with Gasteiger partial charge in [-0.15, -0.1) is 15.0 Å². The van der Waals surface area contributed by atoms with Crippen LogP contribution in [0.3, 0.4) is 0 Å². The highest BCUT2D eigenvalue weighted by atomic mass is 35.5. The van der Waals surface area contributed by atoms with Crippen molar-refractivity contribution >= 4 is 51.3 Å². The summed E-state index contributed by atoms with van der Waals surface area (Å²) < 4.78 is 0. The van der Waals surface area contributed by atoms with Gasteiger partial charge in [0.25, 0.3) is 5.69 Å². The first-order chi connectivity index (χ1) is 19.0. The average molecular weight is 558 g/mol. The number of nitrogens with one attached hydrogen (secondary N) is 1. The minimum Gasteiger partial charge on any atom is -0.507 e. The molecule has 0 unspecified atom stereocenters. The number of hydrogen-bond donors (Lipinski definition) is 4. The van der Waals surface area contributed by atoms with Crippen LogP contribution in [-0.4, -0.2) is 46.8 Å². The van der Waals surface area contributed by atoms with E-state index < -0.39 is 50.4 Å². The number of aryl methyl sites for hydroxylation is 1. The van der Waals surface area contributed by atoms with Crippen molar-refractivity contribution in [3.05, 3.63) is 97.6 Å². The van der Waals surface area contributed by atoms with Crippen LogP contribution in [0.25, 0.3) is 16.7 Å². The summed E-state index contributed by atoms with van der Waals surface area (Å²) in [7, 11) is 0. The Morgan fingerprint density at radius 1 is 0.800 bits per heavy atom. The molecular formula is C27H16ClN5O7. The number of hydrogen-bond acceptors (Lipinski definition) is 10. The topological polar surface area (TPSA) is 181 Å². The third kappa shape index (κ3) is 3.69. The molecular weight excluding hydrogens is 542 g/mol. The normalized spacial score (nSPS) is 12.3. The van der Waals surface area contributed by atoms with Crippen LogP contribution in [0.2, 0.25) is 5.02 Å². The van der Waals surface area contributed by atoms with E-state index in [9.17, 15) is 35.0 Å². The van der Waals surface area contributed by atoms with E-state index in [4.69, 9.17) is 11.6 Å². The van der Waals surface area contributed by atoms with Gasteiger partial charge in [0, 0.05) is 22.8 Å². The van der Waals surface area contributed by atoms with Crippen LogP contribution in [0.1, 0.15) is 37.4 Å². The smallest absolute Gasteiger partial charge is 0.281 e. The molecule has 40 heavy (non-hydrogen) atoms. The molecule has 6 rings (SSSR count). The predicted molar refractivity (Wildman–Crippen MR) is 143 cm³/mol. The van der Waals surface area contributed by atoms with E-state index in [-0.39, 0.29) is 22.7 Å². The molecule has 0 aliphatic heterocycles. The van der Waals surface area contributed by atoms with Crippen molar-refractivity contribution in [3.63, 3.8) is 0 Å². The van der Waals surface area contributed by atoms with Gasteiger partial charge in [-0.2, -0.15) is 0 Å². The van der Waals surface area contributed by atoms with E-state index in [1.165, 1.54) is 23.0 Å². The van der Waals surface area contributed by atoms with Crippen molar-refractivity contribution in [2.45, 2.75) is 6.92 Å². The number of anilines is 2. The molecule has 198 valence electrons. The predicted octanol–water partition coefficient (Wildman–Crippen LogP) is 4.93. The molecule has 0 amide bonds. The second-order valence-corrected chi connectivity index (χ2v) is 9.49. The third-order valence-corrected chi connectivity index (χ3v) is 6.83. The summed E-state index contributed by atoms with van der Waals surface area (Å²) >= 11 is 6.03. The number of nitrogens with zero attached hydrogens (tertiary/aromatic N) is 4. The lowest BCUT2D eigenvalue weighted by Crippen LogP contribution is -2.23. The summed E-state index contributed by atoms with van der Waals surface area (Å²) in [6, 6.07) is 12.4. The molecule has 0 saturated carbocycles. The van der Waals surface area contributed by atoms with E-state index in [0.29, 0.717) is 27.3 Å². The summed E-state index contributed by atoms with van der Waals surface area (Å²) in [4.78, 5) is 38.9. The first kappa shape index (κ1) is 24.8. The van der Waals surface area contributed by atoms with Gasteiger partial charge >= 0.3 is 0 Å². The number of halogens is 1. The second-order valence-electron chi connectivity index (χ2n) is 9.05. The van der Waals surface area contributed by atoms with Gasteiger partial charge in [-0.1, -0.05) is 11.6 Å². The van der Waals surface area contributed by atoms with Crippen LogP contribution < -0.4 is 5.32 Å². The highest BCUT2D eigenvalue weighted by Crippen LogP contribution is 2.44. The van der Waals surface area contributed by atoms with Crippen molar-refractivity contribution in [2.75, 3.05) is 5.32 Å². The fourth-order valence-corrected chi connectivity index (χ4v) is 4.89. The number of phenolic OH excluding ortho intramolecular Hbond substituents is 3. The minimum absolute atomic E-state index is 0.0653. The highest BCUT2D eigenvalue weighted by molar-refractivity contribution is 6.33. The summed E-state index contributed by atoms with van der Waals surface area (Å²) in [5.41, 5.74) is -0.203. The van der Waals surface area contributed by atoms with Gasteiger partial charge < -0.3 is 20.6 Å². The lowest BCUT2D eigenvalue weighted by atomic mass is 9.81. The summed E-state index contributed by atoms with van der Waals surface area (Å²) in [6.45, 7) is 1.72. The van der Waals surface area contributed by atoms with Gasteiger partial charge in [-0.05, 0) is 55.0 Å². The molecule has 1 aliphatic rings. The van der Waals surface area contributed by atoms with Gasteiger partial charge in [0.15, 0.2) is 0 Å². The number of nitro benzene ring substituents is 1. The summed E-state index contributed by atoms with van der Waals surface area (Å²) in [5.74, 6) is -3.27. The summed E-state index contributed by atoms with van der Waals surface area (Å²) in [6.07, 6.45) is 0. The number of fused-ring (bicyclic) bond motifs is 3. The quantitative estimate of drug-likeness (QED) is 0.132. The largest absolute Gasteiger partial charge is 0.507 e. The van der Waals surface area contributed by atoms with Crippen LogP contribution >= 0.6 is 11.6 Å². The minimum atomic E-state index is -0.986. The van der Waals surface area contributed by atoms with Gasteiger partial charge in [0.05, 0.1) is 27.3 Å². The first-order valence-electron chi connectivity index (χ1n) is 11.6. The Morgan fingerprint density at radius 2 is 1.45 bits per heavy atom. The summed E-state index contributed by atoms with van der Waals surface area (Å²) in [5, 5.41) is 55.4. The van der Waals surface area contributed by atoms with Crippen LogP contribution in [0.4, 0.5) is 17.1 Å². The van der Waals surface area contributed by atoms with E-state index >= 15 is 0 Å². The molecule has 12 nitrogen and oxygen atoms in total. The molecule has 13 heteroatoms. The third-order valence-electron chi connectivity index (χ3n) is 6.60. The molecule has 0 spiro atoms. The van der Waals surface area contributed by atoms with Gasteiger partial charge in [-0.25, -0.2) is 0 Å². The molecule has 0 bridgehead atoms. The van der Waals surface area contributed by atoms with Crippen molar-refractivity contribution in [1.82, 2.24) is 15.0 Å². The number of ketones is 2. The molecule has 0 atom stereocenters. The number of carbonyl (C=O) groups excluding carboxylic acids is 2. The average Bonchev–Trinajstić information content (AvgIpc) is 3.32. The van der Waals surface area contributed by atoms with Crippen LogP contribution in [-0.2, 0) is 0 Å². The Hall–Kier alpha value is -5.49. The number of benzene rings is 4. The monoisotopic (exact) mass is 557 g/mol. The van der Waals surface area contributed by atoms with Crippen LogP contribution in [0.15, 0.2) is 54.6 Å². The van der Waals surface area contributed by atoms with Crippen molar-refractivity contribution in [1.29, 1.82) is 0 Å². The highest BCUT2D eigenvalue weighted by Gasteiger charge is 2.41.